The molecule has 0 spiro atoms. The summed E-state index contributed by atoms with van der Waals surface area (Å²) in [6, 6.07) is 0. The highest BCUT2D eigenvalue weighted by atomic mass is 14.2. The molecule has 2 atom stereocenters. The van der Waals surface area contributed by atoms with E-state index in [1.807, 2.05) is 0 Å². The van der Waals surface area contributed by atoms with Crippen molar-refractivity contribution in [3.8, 4) is 0 Å². The third kappa shape index (κ3) is 2.06. The molecule has 14 heavy (non-hydrogen) atoms. The first-order chi connectivity index (χ1) is 6.88. The average molecular weight is 186 g/mol. The number of rotatable bonds is 2. The lowest BCUT2D eigenvalue weighted by molar-refractivity contribution is 0.476. The van der Waals surface area contributed by atoms with Gasteiger partial charge in [-0.1, -0.05) is 55.0 Å². The summed E-state index contributed by atoms with van der Waals surface area (Å²) in [7, 11) is 0. The van der Waals surface area contributed by atoms with Crippen molar-refractivity contribution in [2.45, 2.75) is 26.2 Å². The zero-order valence-electron chi connectivity index (χ0n) is 8.82. The summed E-state index contributed by atoms with van der Waals surface area (Å²) in [5.41, 5.74) is 1.62. The normalized spacial score (nSPS) is 27.5. The van der Waals surface area contributed by atoms with Gasteiger partial charge in [0.2, 0.25) is 0 Å². The van der Waals surface area contributed by atoms with E-state index in [0.29, 0.717) is 5.92 Å². The monoisotopic (exact) mass is 186 g/mol. The van der Waals surface area contributed by atoms with E-state index in [1.54, 1.807) is 5.57 Å². The van der Waals surface area contributed by atoms with Gasteiger partial charge < -0.3 is 0 Å². The van der Waals surface area contributed by atoms with Gasteiger partial charge in [0.05, 0.1) is 0 Å². The van der Waals surface area contributed by atoms with Gasteiger partial charge in [0.1, 0.15) is 0 Å². The standard InChI is InChI=1S/C14H18/c1-12(13-8-4-2-5-9-13)14-10-6-3-7-11-14/h2-6,8,10,12-13H,7,9,11H2,1H3/t12-,13?/m1/s1. The molecule has 0 heterocycles. The van der Waals surface area contributed by atoms with Crippen LogP contribution in [0.25, 0.3) is 0 Å². The van der Waals surface area contributed by atoms with Crippen LogP contribution in [0.15, 0.2) is 48.1 Å². The fraction of sp³-hybridized carbons (Fsp3) is 0.429. The third-order valence-corrected chi connectivity index (χ3v) is 3.29. The SMILES string of the molecule is C[C@@H](C1=CC=CCC1)C1C=CC=CC1. The molecule has 2 aliphatic carbocycles. The number of allylic oxidation sites excluding steroid dienone is 8. The Morgan fingerprint density at radius 1 is 1.21 bits per heavy atom. The molecule has 0 nitrogen and oxygen atoms in total. The molecule has 0 fully saturated rings. The van der Waals surface area contributed by atoms with Gasteiger partial charge in [0.15, 0.2) is 0 Å². The summed E-state index contributed by atoms with van der Waals surface area (Å²) in [6.07, 6.45) is 19.4. The smallest absolute Gasteiger partial charge is 0.0133 e. The van der Waals surface area contributed by atoms with E-state index in [0.717, 1.165) is 5.92 Å². The van der Waals surface area contributed by atoms with E-state index in [1.165, 1.54) is 19.3 Å². The second kappa shape index (κ2) is 4.45. The largest absolute Gasteiger partial charge is 0.0842 e. The number of hydrogen-bond donors (Lipinski definition) is 0. The molecule has 0 N–H and O–H groups in total. The van der Waals surface area contributed by atoms with E-state index in [-0.39, 0.29) is 0 Å². The van der Waals surface area contributed by atoms with Crippen LogP contribution in [0.2, 0.25) is 0 Å². The van der Waals surface area contributed by atoms with Gasteiger partial charge in [-0.25, -0.2) is 0 Å². The highest BCUT2D eigenvalue weighted by Crippen LogP contribution is 2.30. The molecule has 74 valence electrons. The van der Waals surface area contributed by atoms with Gasteiger partial charge in [-0.05, 0) is 31.1 Å². The molecule has 1 unspecified atom stereocenters. The molecule has 0 amide bonds. The molecule has 0 aromatic carbocycles. The minimum Gasteiger partial charge on any atom is -0.0842 e. The van der Waals surface area contributed by atoms with E-state index < -0.39 is 0 Å². The van der Waals surface area contributed by atoms with Gasteiger partial charge in [0.25, 0.3) is 0 Å². The summed E-state index contributed by atoms with van der Waals surface area (Å²) in [6.45, 7) is 2.36. The van der Waals surface area contributed by atoms with Crippen LogP contribution in [0, 0.1) is 11.8 Å². The summed E-state index contributed by atoms with van der Waals surface area (Å²) < 4.78 is 0. The maximum atomic E-state index is 2.36. The van der Waals surface area contributed by atoms with Crippen LogP contribution in [0.4, 0.5) is 0 Å². The minimum absolute atomic E-state index is 0.709. The van der Waals surface area contributed by atoms with Crippen molar-refractivity contribution in [1.29, 1.82) is 0 Å². The van der Waals surface area contributed by atoms with Gasteiger partial charge >= 0.3 is 0 Å². The minimum atomic E-state index is 0.709. The Labute approximate surface area is 86.7 Å². The summed E-state index contributed by atoms with van der Waals surface area (Å²) in [5, 5.41) is 0. The molecule has 0 aliphatic heterocycles. The Bertz CT molecular complexity index is 302. The van der Waals surface area contributed by atoms with Crippen LogP contribution in [-0.4, -0.2) is 0 Å². The van der Waals surface area contributed by atoms with Crippen LogP contribution in [0.3, 0.4) is 0 Å². The lowest BCUT2D eigenvalue weighted by Gasteiger charge is -2.25. The molecule has 0 saturated carbocycles. The fourth-order valence-electron chi connectivity index (χ4n) is 2.25. The van der Waals surface area contributed by atoms with E-state index in [2.05, 4.69) is 49.5 Å². The number of hydrogen-bond acceptors (Lipinski definition) is 0. The highest BCUT2D eigenvalue weighted by Gasteiger charge is 2.18. The van der Waals surface area contributed by atoms with Crippen LogP contribution < -0.4 is 0 Å². The molecule has 2 aliphatic rings. The van der Waals surface area contributed by atoms with Crippen molar-refractivity contribution in [3.05, 3.63) is 48.1 Å². The molecule has 0 aromatic heterocycles. The first-order valence-corrected chi connectivity index (χ1v) is 5.57. The van der Waals surface area contributed by atoms with Crippen molar-refractivity contribution < 1.29 is 0 Å². The van der Waals surface area contributed by atoms with Crippen LogP contribution in [-0.2, 0) is 0 Å². The van der Waals surface area contributed by atoms with Crippen molar-refractivity contribution in [2.75, 3.05) is 0 Å². The summed E-state index contributed by atoms with van der Waals surface area (Å²) in [4.78, 5) is 0. The van der Waals surface area contributed by atoms with E-state index in [9.17, 15) is 0 Å². The Morgan fingerprint density at radius 3 is 2.79 bits per heavy atom. The Hall–Kier alpha value is -1.04. The predicted octanol–water partition coefficient (Wildman–Crippen LogP) is 4.03. The first-order valence-electron chi connectivity index (χ1n) is 5.57. The van der Waals surface area contributed by atoms with Crippen LogP contribution in [0.5, 0.6) is 0 Å². The van der Waals surface area contributed by atoms with Crippen LogP contribution in [0.1, 0.15) is 26.2 Å². The van der Waals surface area contributed by atoms with Crippen molar-refractivity contribution in [1.82, 2.24) is 0 Å². The second-order valence-electron chi connectivity index (χ2n) is 4.21. The lowest BCUT2D eigenvalue weighted by atomic mass is 9.80. The van der Waals surface area contributed by atoms with Crippen LogP contribution >= 0.6 is 0 Å². The Kier molecular flexibility index (Phi) is 3.03. The molecule has 0 aromatic rings. The molecule has 0 radical (unpaired) electrons. The topological polar surface area (TPSA) is 0 Å². The van der Waals surface area contributed by atoms with Gasteiger partial charge in [-0.3, -0.25) is 0 Å². The Morgan fingerprint density at radius 2 is 2.14 bits per heavy atom. The predicted molar refractivity (Wildman–Crippen MR) is 62.0 cm³/mol. The average Bonchev–Trinajstić information content (AvgIpc) is 2.30. The lowest BCUT2D eigenvalue weighted by Crippen LogP contribution is -2.13. The summed E-state index contributed by atoms with van der Waals surface area (Å²) >= 11 is 0. The molecule has 0 bridgehead atoms. The highest BCUT2D eigenvalue weighted by molar-refractivity contribution is 5.23. The van der Waals surface area contributed by atoms with E-state index >= 15 is 0 Å². The van der Waals surface area contributed by atoms with Gasteiger partial charge in [-0.2, -0.15) is 0 Å². The zero-order valence-corrected chi connectivity index (χ0v) is 8.82. The van der Waals surface area contributed by atoms with E-state index in [4.69, 9.17) is 0 Å². The zero-order chi connectivity index (χ0) is 9.80. The molecule has 2 rings (SSSR count). The second-order valence-corrected chi connectivity index (χ2v) is 4.21. The maximum Gasteiger partial charge on any atom is -0.0133 e. The quantitative estimate of drug-likeness (QED) is 0.610. The third-order valence-electron chi connectivity index (χ3n) is 3.29. The van der Waals surface area contributed by atoms with Crippen molar-refractivity contribution in [3.63, 3.8) is 0 Å². The van der Waals surface area contributed by atoms with Crippen molar-refractivity contribution in [2.24, 2.45) is 11.8 Å². The molecule has 0 heteroatoms. The molecular formula is C14H18. The first kappa shape index (κ1) is 9.51. The fourth-order valence-corrected chi connectivity index (χ4v) is 2.25. The Balaban J connectivity index is 2.03. The van der Waals surface area contributed by atoms with Gasteiger partial charge in [0, 0.05) is 0 Å². The maximum absolute atomic E-state index is 2.36. The molecule has 0 saturated heterocycles. The molecular weight excluding hydrogens is 168 g/mol. The van der Waals surface area contributed by atoms with Gasteiger partial charge in [-0.15, -0.1) is 0 Å². The van der Waals surface area contributed by atoms with Crippen molar-refractivity contribution >= 4 is 0 Å². The summed E-state index contributed by atoms with van der Waals surface area (Å²) in [5.74, 6) is 1.43.